The molecule has 0 amide bonds. The molecule has 1 aromatic rings. The number of nitrogens with one attached hydrogen (secondary N) is 1. The number of hydrogen-bond donors (Lipinski definition) is 1. The van der Waals surface area contributed by atoms with Gasteiger partial charge in [-0.3, -0.25) is 0 Å². The molecule has 1 nitrogen and oxygen atoms in total. The third kappa shape index (κ3) is 1.57. The van der Waals surface area contributed by atoms with E-state index in [0.29, 0.717) is 6.04 Å². The summed E-state index contributed by atoms with van der Waals surface area (Å²) in [5.74, 6) is 0.886. The Balaban J connectivity index is 1.85. The lowest BCUT2D eigenvalue weighted by Gasteiger charge is -2.11. The van der Waals surface area contributed by atoms with Crippen LogP contribution in [0.4, 0.5) is 0 Å². The normalized spacial score (nSPS) is 26.7. The molecular formula is C13H17N. The summed E-state index contributed by atoms with van der Waals surface area (Å²) in [6.07, 6.45) is 5.45. The lowest BCUT2D eigenvalue weighted by atomic mass is 10.0. The minimum absolute atomic E-state index is 0.633. The van der Waals surface area contributed by atoms with E-state index in [-0.39, 0.29) is 0 Å². The highest BCUT2D eigenvalue weighted by molar-refractivity contribution is 5.31. The van der Waals surface area contributed by atoms with Crippen LogP contribution in [0.3, 0.4) is 0 Å². The molecule has 2 fully saturated rings. The predicted molar refractivity (Wildman–Crippen MR) is 58.4 cm³/mol. The minimum Gasteiger partial charge on any atom is -0.310 e. The van der Waals surface area contributed by atoms with Crippen molar-refractivity contribution in [3.8, 4) is 0 Å². The van der Waals surface area contributed by atoms with Crippen molar-refractivity contribution in [1.82, 2.24) is 5.32 Å². The van der Waals surface area contributed by atoms with Crippen LogP contribution in [0, 0.1) is 0 Å². The van der Waals surface area contributed by atoms with E-state index in [4.69, 9.17) is 0 Å². The van der Waals surface area contributed by atoms with Gasteiger partial charge in [-0.25, -0.2) is 0 Å². The largest absolute Gasteiger partial charge is 0.310 e. The smallest absolute Gasteiger partial charge is 0.0320 e. The van der Waals surface area contributed by atoms with Crippen LogP contribution in [0.15, 0.2) is 24.3 Å². The van der Waals surface area contributed by atoms with Gasteiger partial charge in [0.25, 0.3) is 0 Å². The summed E-state index contributed by atoms with van der Waals surface area (Å²) in [7, 11) is 0. The van der Waals surface area contributed by atoms with Gasteiger partial charge in [0.05, 0.1) is 0 Å². The molecule has 1 heterocycles. The molecule has 0 unspecified atom stereocenters. The van der Waals surface area contributed by atoms with Gasteiger partial charge < -0.3 is 5.32 Å². The molecule has 1 saturated carbocycles. The first kappa shape index (κ1) is 8.49. The van der Waals surface area contributed by atoms with Crippen LogP contribution in [-0.4, -0.2) is 6.54 Å². The molecule has 1 N–H and O–H groups in total. The molecule has 0 bridgehead atoms. The van der Waals surface area contributed by atoms with E-state index in [9.17, 15) is 0 Å². The summed E-state index contributed by atoms with van der Waals surface area (Å²) in [5, 5.41) is 3.56. The van der Waals surface area contributed by atoms with Crippen molar-refractivity contribution in [1.29, 1.82) is 0 Å². The van der Waals surface area contributed by atoms with Gasteiger partial charge >= 0.3 is 0 Å². The maximum atomic E-state index is 3.56. The Morgan fingerprint density at radius 1 is 1.07 bits per heavy atom. The van der Waals surface area contributed by atoms with Crippen LogP contribution in [0.1, 0.15) is 48.8 Å². The van der Waals surface area contributed by atoms with Gasteiger partial charge in [-0.05, 0) is 49.3 Å². The highest BCUT2D eigenvalue weighted by atomic mass is 14.9. The molecule has 1 aliphatic carbocycles. The first-order valence-corrected chi connectivity index (χ1v) is 5.77. The van der Waals surface area contributed by atoms with Crippen molar-refractivity contribution in [2.24, 2.45) is 0 Å². The molecule has 0 radical (unpaired) electrons. The SMILES string of the molecule is c1cc(C2CC2)cc([C@@H]2CCCN2)c1. The Labute approximate surface area is 85.5 Å². The molecule has 0 aromatic heterocycles. The zero-order chi connectivity index (χ0) is 9.38. The van der Waals surface area contributed by atoms with E-state index in [0.717, 1.165) is 5.92 Å². The summed E-state index contributed by atoms with van der Waals surface area (Å²) < 4.78 is 0. The minimum atomic E-state index is 0.633. The van der Waals surface area contributed by atoms with Crippen LogP contribution < -0.4 is 5.32 Å². The monoisotopic (exact) mass is 187 g/mol. The zero-order valence-electron chi connectivity index (χ0n) is 8.50. The van der Waals surface area contributed by atoms with Crippen molar-refractivity contribution in [2.45, 2.75) is 37.6 Å². The summed E-state index contributed by atoms with van der Waals surface area (Å²) in [5.41, 5.74) is 3.07. The maximum Gasteiger partial charge on any atom is 0.0320 e. The lowest BCUT2D eigenvalue weighted by Crippen LogP contribution is -2.12. The lowest BCUT2D eigenvalue weighted by molar-refractivity contribution is 0.647. The Hall–Kier alpha value is -0.820. The molecule has 1 aliphatic heterocycles. The molecule has 2 aliphatic rings. The van der Waals surface area contributed by atoms with Gasteiger partial charge in [0, 0.05) is 6.04 Å². The van der Waals surface area contributed by atoms with Gasteiger partial charge in [0.1, 0.15) is 0 Å². The predicted octanol–water partition coefficient (Wildman–Crippen LogP) is 2.99. The fraction of sp³-hybridized carbons (Fsp3) is 0.538. The highest BCUT2D eigenvalue weighted by Gasteiger charge is 2.24. The molecule has 74 valence electrons. The van der Waals surface area contributed by atoms with E-state index in [1.807, 2.05) is 0 Å². The van der Waals surface area contributed by atoms with Crippen LogP contribution >= 0.6 is 0 Å². The zero-order valence-corrected chi connectivity index (χ0v) is 8.50. The third-order valence-electron chi connectivity index (χ3n) is 3.42. The van der Waals surface area contributed by atoms with Gasteiger partial charge in [0.2, 0.25) is 0 Å². The highest BCUT2D eigenvalue weighted by Crippen LogP contribution is 2.40. The quantitative estimate of drug-likeness (QED) is 0.750. The average Bonchev–Trinajstić information content (AvgIpc) is 2.94. The Bertz CT molecular complexity index is 322. The fourth-order valence-corrected chi connectivity index (χ4v) is 2.42. The average molecular weight is 187 g/mol. The Morgan fingerprint density at radius 3 is 2.64 bits per heavy atom. The first-order valence-electron chi connectivity index (χ1n) is 5.77. The molecule has 1 heteroatoms. The van der Waals surface area contributed by atoms with E-state index in [2.05, 4.69) is 29.6 Å². The summed E-state index contributed by atoms with van der Waals surface area (Å²) >= 11 is 0. The van der Waals surface area contributed by atoms with Crippen LogP contribution in [0.25, 0.3) is 0 Å². The molecule has 1 aromatic carbocycles. The van der Waals surface area contributed by atoms with Crippen LogP contribution in [0.5, 0.6) is 0 Å². The molecular weight excluding hydrogens is 170 g/mol. The molecule has 1 atom stereocenters. The number of benzene rings is 1. The number of hydrogen-bond acceptors (Lipinski definition) is 1. The van der Waals surface area contributed by atoms with Crippen molar-refractivity contribution < 1.29 is 0 Å². The topological polar surface area (TPSA) is 12.0 Å². The van der Waals surface area contributed by atoms with Gasteiger partial charge in [-0.15, -0.1) is 0 Å². The summed E-state index contributed by atoms with van der Waals surface area (Å²) in [4.78, 5) is 0. The van der Waals surface area contributed by atoms with E-state index in [1.54, 1.807) is 5.56 Å². The second-order valence-corrected chi connectivity index (χ2v) is 4.59. The van der Waals surface area contributed by atoms with Gasteiger partial charge in [-0.2, -0.15) is 0 Å². The Morgan fingerprint density at radius 2 is 1.93 bits per heavy atom. The van der Waals surface area contributed by atoms with Crippen molar-refractivity contribution in [2.75, 3.05) is 6.54 Å². The van der Waals surface area contributed by atoms with E-state index >= 15 is 0 Å². The van der Waals surface area contributed by atoms with Crippen molar-refractivity contribution in [3.05, 3.63) is 35.4 Å². The standard InChI is InChI=1S/C13H17N/c1-3-11(10-6-7-10)9-12(4-1)13-5-2-8-14-13/h1,3-4,9-10,13-14H,2,5-8H2/t13-/m0/s1. The van der Waals surface area contributed by atoms with E-state index < -0.39 is 0 Å². The molecule has 14 heavy (non-hydrogen) atoms. The van der Waals surface area contributed by atoms with Crippen molar-refractivity contribution in [3.63, 3.8) is 0 Å². The molecule has 3 rings (SSSR count). The van der Waals surface area contributed by atoms with E-state index in [1.165, 1.54) is 37.8 Å². The van der Waals surface area contributed by atoms with Gasteiger partial charge in [0.15, 0.2) is 0 Å². The third-order valence-corrected chi connectivity index (χ3v) is 3.42. The summed E-state index contributed by atoms with van der Waals surface area (Å²) in [6.45, 7) is 1.19. The van der Waals surface area contributed by atoms with Crippen LogP contribution in [0.2, 0.25) is 0 Å². The van der Waals surface area contributed by atoms with Crippen LogP contribution in [-0.2, 0) is 0 Å². The Kier molecular flexibility index (Phi) is 2.06. The second kappa shape index (κ2) is 3.39. The van der Waals surface area contributed by atoms with Gasteiger partial charge in [-0.1, -0.05) is 24.3 Å². The van der Waals surface area contributed by atoms with Crippen molar-refractivity contribution >= 4 is 0 Å². The second-order valence-electron chi connectivity index (χ2n) is 4.59. The first-order chi connectivity index (χ1) is 6.93. The fourth-order valence-electron chi connectivity index (χ4n) is 2.42. The number of rotatable bonds is 2. The molecule has 1 saturated heterocycles. The summed E-state index contributed by atoms with van der Waals surface area (Å²) in [6, 6.07) is 9.84. The maximum absolute atomic E-state index is 3.56. The molecule has 0 spiro atoms.